The molecule has 3 aromatic rings. The van der Waals surface area contributed by atoms with Crippen LogP contribution < -0.4 is 15.6 Å². The fourth-order valence-electron chi connectivity index (χ4n) is 2.32. The molecule has 0 aliphatic rings. The van der Waals surface area contributed by atoms with Gasteiger partial charge in [-0.2, -0.15) is 8.78 Å². The fraction of sp³-hybridized carbons (Fsp3) is 0.176. The van der Waals surface area contributed by atoms with Gasteiger partial charge in [-0.05, 0) is 36.4 Å². The zero-order valence-electron chi connectivity index (χ0n) is 13.4. The first-order chi connectivity index (χ1) is 12.5. The van der Waals surface area contributed by atoms with Crippen molar-refractivity contribution in [2.75, 3.05) is 5.32 Å². The molecule has 0 bridgehead atoms. The molecule has 1 heterocycles. The van der Waals surface area contributed by atoms with Crippen LogP contribution in [-0.2, 0) is 11.3 Å². The summed E-state index contributed by atoms with van der Waals surface area (Å²) in [5, 5.41) is 10.8. The molecule has 1 amide bonds. The van der Waals surface area contributed by atoms with Gasteiger partial charge < -0.3 is 10.1 Å². The Morgan fingerprint density at radius 3 is 2.62 bits per heavy atom. The van der Waals surface area contributed by atoms with Crippen molar-refractivity contribution in [1.29, 1.82) is 0 Å². The molecule has 2 aromatic carbocycles. The van der Waals surface area contributed by atoms with Crippen molar-refractivity contribution >= 4 is 22.5 Å². The Balaban J connectivity index is 1.61. The molecule has 0 radical (unpaired) electrons. The lowest BCUT2D eigenvalue weighted by molar-refractivity contribution is -0.116. The number of alkyl halides is 2. The van der Waals surface area contributed by atoms with E-state index in [4.69, 9.17) is 0 Å². The Bertz CT molecular complexity index is 974. The largest absolute Gasteiger partial charge is 0.435 e. The highest BCUT2D eigenvalue weighted by atomic mass is 19.3. The van der Waals surface area contributed by atoms with E-state index in [-0.39, 0.29) is 30.2 Å². The lowest BCUT2D eigenvalue weighted by Gasteiger charge is -2.08. The molecule has 134 valence electrons. The number of ether oxygens (including phenoxy) is 1. The molecule has 0 saturated heterocycles. The summed E-state index contributed by atoms with van der Waals surface area (Å²) in [7, 11) is 0. The third-order valence-corrected chi connectivity index (χ3v) is 3.54. The van der Waals surface area contributed by atoms with Crippen LogP contribution in [0.2, 0.25) is 0 Å². The van der Waals surface area contributed by atoms with Gasteiger partial charge in [-0.3, -0.25) is 9.59 Å². The van der Waals surface area contributed by atoms with Crippen LogP contribution in [0.5, 0.6) is 5.75 Å². The number of aryl methyl sites for hydroxylation is 1. The van der Waals surface area contributed by atoms with E-state index < -0.39 is 6.61 Å². The van der Waals surface area contributed by atoms with Crippen molar-refractivity contribution in [2.24, 2.45) is 0 Å². The van der Waals surface area contributed by atoms with Gasteiger partial charge in [0, 0.05) is 12.1 Å². The highest BCUT2D eigenvalue weighted by Gasteiger charge is 2.09. The van der Waals surface area contributed by atoms with Crippen LogP contribution in [0, 0.1) is 0 Å². The third-order valence-electron chi connectivity index (χ3n) is 3.54. The molecule has 0 unspecified atom stereocenters. The third kappa shape index (κ3) is 4.18. The number of anilines is 1. The van der Waals surface area contributed by atoms with Crippen molar-refractivity contribution < 1.29 is 18.3 Å². The second-order valence-electron chi connectivity index (χ2n) is 5.34. The molecule has 1 aromatic heterocycles. The number of halogens is 2. The van der Waals surface area contributed by atoms with E-state index in [0.29, 0.717) is 16.6 Å². The molecule has 0 atom stereocenters. The van der Waals surface area contributed by atoms with Gasteiger partial charge >= 0.3 is 6.61 Å². The van der Waals surface area contributed by atoms with Crippen LogP contribution in [0.15, 0.2) is 53.3 Å². The van der Waals surface area contributed by atoms with Gasteiger partial charge in [0.15, 0.2) is 0 Å². The zero-order chi connectivity index (χ0) is 18.5. The van der Waals surface area contributed by atoms with Crippen LogP contribution in [0.4, 0.5) is 14.5 Å². The molecule has 0 aliphatic heterocycles. The maximum absolute atomic E-state index is 12.3. The van der Waals surface area contributed by atoms with Crippen molar-refractivity contribution in [3.63, 3.8) is 0 Å². The number of carbonyl (C=O) groups excluding carboxylic acids is 1. The van der Waals surface area contributed by atoms with E-state index in [0.717, 1.165) is 4.68 Å². The molecule has 26 heavy (non-hydrogen) atoms. The number of rotatable bonds is 6. The first-order valence-corrected chi connectivity index (χ1v) is 7.70. The van der Waals surface area contributed by atoms with Crippen molar-refractivity contribution in [2.45, 2.75) is 19.6 Å². The Morgan fingerprint density at radius 1 is 1.15 bits per heavy atom. The topological polar surface area (TPSA) is 86.1 Å². The number of hydrogen-bond donors (Lipinski definition) is 1. The van der Waals surface area contributed by atoms with Crippen molar-refractivity contribution in [1.82, 2.24) is 15.0 Å². The van der Waals surface area contributed by atoms with E-state index >= 15 is 0 Å². The van der Waals surface area contributed by atoms with Crippen LogP contribution in [0.25, 0.3) is 10.9 Å². The highest BCUT2D eigenvalue weighted by molar-refractivity contribution is 5.90. The lowest BCUT2D eigenvalue weighted by atomic mass is 10.2. The number of benzene rings is 2. The molecule has 9 heteroatoms. The number of fused-ring (bicyclic) bond motifs is 1. The summed E-state index contributed by atoms with van der Waals surface area (Å²) in [6, 6.07) is 12.3. The minimum Gasteiger partial charge on any atom is -0.435 e. The van der Waals surface area contributed by atoms with Crippen molar-refractivity contribution in [3.05, 3.63) is 58.9 Å². The lowest BCUT2D eigenvalue weighted by Crippen LogP contribution is -2.26. The van der Waals surface area contributed by atoms with Gasteiger partial charge in [0.1, 0.15) is 11.3 Å². The maximum atomic E-state index is 12.3. The minimum atomic E-state index is -2.91. The predicted molar refractivity (Wildman–Crippen MR) is 90.1 cm³/mol. The summed E-state index contributed by atoms with van der Waals surface area (Å²) < 4.78 is 29.5. The summed E-state index contributed by atoms with van der Waals surface area (Å²) in [6.07, 6.45) is 0.00219. The standard InChI is InChI=1S/C17H14F2N4O3/c18-17(19)26-12-7-5-11(6-8-12)20-15(24)9-10-23-16(25)13-3-1-2-4-14(13)21-22-23/h1-8,17H,9-10H2,(H,20,24). The molecule has 7 nitrogen and oxygen atoms in total. The summed E-state index contributed by atoms with van der Waals surface area (Å²) in [5.41, 5.74) is 0.592. The molecular weight excluding hydrogens is 346 g/mol. The Kier molecular flexibility index (Phi) is 5.16. The van der Waals surface area contributed by atoms with Crippen molar-refractivity contribution in [3.8, 4) is 5.75 Å². The Morgan fingerprint density at radius 2 is 1.88 bits per heavy atom. The minimum absolute atomic E-state index is 0.00219. The number of hydrogen-bond acceptors (Lipinski definition) is 5. The number of nitrogens with one attached hydrogen (secondary N) is 1. The molecule has 3 rings (SSSR count). The van der Waals surface area contributed by atoms with Gasteiger partial charge in [0.2, 0.25) is 5.91 Å². The second kappa shape index (κ2) is 7.68. The molecule has 0 fully saturated rings. The van der Waals surface area contributed by atoms with Gasteiger partial charge in [0.25, 0.3) is 5.56 Å². The predicted octanol–water partition coefficient (Wildman–Crippen LogP) is 2.42. The van der Waals surface area contributed by atoms with E-state index in [1.165, 1.54) is 24.3 Å². The Hall–Kier alpha value is -3.36. The molecule has 1 N–H and O–H groups in total. The molecule has 0 saturated carbocycles. The number of carbonyl (C=O) groups is 1. The summed E-state index contributed by atoms with van der Waals surface area (Å²) in [5.74, 6) is -0.356. The molecule has 0 spiro atoms. The SMILES string of the molecule is O=C(CCn1nnc2ccccc2c1=O)Nc1ccc(OC(F)F)cc1. The molecular formula is C17H14F2N4O3. The average molecular weight is 360 g/mol. The highest BCUT2D eigenvalue weighted by Crippen LogP contribution is 2.17. The number of nitrogens with zero attached hydrogens (tertiary/aromatic N) is 3. The van der Waals surface area contributed by atoms with Crippen LogP contribution in [-0.4, -0.2) is 27.5 Å². The van der Waals surface area contributed by atoms with Gasteiger partial charge in [-0.25, -0.2) is 4.68 Å². The average Bonchev–Trinajstić information content (AvgIpc) is 2.63. The van der Waals surface area contributed by atoms with Gasteiger partial charge in [-0.1, -0.05) is 17.3 Å². The first-order valence-electron chi connectivity index (χ1n) is 7.70. The summed E-state index contributed by atoms with van der Waals surface area (Å²) in [6.45, 7) is -2.84. The van der Waals surface area contributed by atoms with Crippen LogP contribution in [0.3, 0.4) is 0 Å². The van der Waals surface area contributed by atoms with Gasteiger partial charge in [-0.15, -0.1) is 5.10 Å². The summed E-state index contributed by atoms with van der Waals surface area (Å²) >= 11 is 0. The van der Waals surface area contributed by atoms with E-state index in [9.17, 15) is 18.4 Å². The first kappa shape index (κ1) is 17.5. The second-order valence-corrected chi connectivity index (χ2v) is 5.34. The van der Waals surface area contributed by atoms with E-state index in [2.05, 4.69) is 20.4 Å². The monoisotopic (exact) mass is 360 g/mol. The van der Waals surface area contributed by atoms with Crippen LogP contribution in [0.1, 0.15) is 6.42 Å². The van der Waals surface area contributed by atoms with E-state index in [1.54, 1.807) is 24.3 Å². The fourth-order valence-corrected chi connectivity index (χ4v) is 2.32. The number of amides is 1. The maximum Gasteiger partial charge on any atom is 0.387 e. The Labute approximate surface area is 146 Å². The smallest absolute Gasteiger partial charge is 0.387 e. The number of aromatic nitrogens is 3. The quantitative estimate of drug-likeness (QED) is 0.730. The molecule has 0 aliphatic carbocycles. The van der Waals surface area contributed by atoms with Crippen LogP contribution >= 0.6 is 0 Å². The summed E-state index contributed by atoms with van der Waals surface area (Å²) in [4.78, 5) is 24.3. The van der Waals surface area contributed by atoms with E-state index in [1.807, 2.05) is 0 Å². The zero-order valence-corrected chi connectivity index (χ0v) is 13.4. The normalized spacial score (nSPS) is 10.9. The van der Waals surface area contributed by atoms with Gasteiger partial charge in [0.05, 0.1) is 11.9 Å².